The summed E-state index contributed by atoms with van der Waals surface area (Å²) < 4.78 is 15.6. The Balaban J connectivity index is 2.02. The Labute approximate surface area is 124 Å². The van der Waals surface area contributed by atoms with Gasteiger partial charge in [-0.2, -0.15) is 0 Å². The van der Waals surface area contributed by atoms with Crippen LogP contribution < -0.4 is 0 Å². The first-order chi connectivity index (χ1) is 10.1. The van der Waals surface area contributed by atoms with Gasteiger partial charge in [0.1, 0.15) is 5.76 Å². The van der Waals surface area contributed by atoms with Crippen LogP contribution in [0.1, 0.15) is 35.6 Å². The van der Waals surface area contributed by atoms with Crippen LogP contribution in [0.3, 0.4) is 0 Å². The van der Waals surface area contributed by atoms with Crippen LogP contribution in [-0.4, -0.2) is 49.7 Å². The zero-order valence-corrected chi connectivity index (χ0v) is 12.5. The number of hydrogen-bond donors (Lipinski definition) is 0. The third-order valence-electron chi connectivity index (χ3n) is 3.50. The van der Waals surface area contributed by atoms with Gasteiger partial charge in [-0.15, -0.1) is 0 Å². The molecule has 0 aromatic carbocycles. The number of rotatable bonds is 6. The second kappa shape index (κ2) is 7.26. The summed E-state index contributed by atoms with van der Waals surface area (Å²) in [7, 11) is 1.34. The van der Waals surface area contributed by atoms with Gasteiger partial charge in [-0.05, 0) is 31.9 Å². The average molecular weight is 295 g/mol. The second-order valence-corrected chi connectivity index (χ2v) is 5.12. The molecule has 1 amide bonds. The van der Waals surface area contributed by atoms with E-state index in [-0.39, 0.29) is 30.2 Å². The van der Waals surface area contributed by atoms with Crippen LogP contribution in [-0.2, 0) is 14.3 Å². The van der Waals surface area contributed by atoms with Gasteiger partial charge in [-0.25, -0.2) is 0 Å². The number of hydrogen-bond acceptors (Lipinski definition) is 5. The molecule has 1 aromatic heterocycles. The molecule has 1 fully saturated rings. The average Bonchev–Trinajstić information content (AvgIpc) is 3.13. The van der Waals surface area contributed by atoms with E-state index >= 15 is 0 Å². The largest absolute Gasteiger partial charge is 0.469 e. The van der Waals surface area contributed by atoms with E-state index in [1.807, 2.05) is 0 Å². The predicted molar refractivity (Wildman–Crippen MR) is 75.0 cm³/mol. The van der Waals surface area contributed by atoms with Gasteiger partial charge in [0, 0.05) is 19.7 Å². The monoisotopic (exact) mass is 295 g/mol. The van der Waals surface area contributed by atoms with Crippen molar-refractivity contribution in [3.8, 4) is 0 Å². The van der Waals surface area contributed by atoms with Gasteiger partial charge in [0.05, 0.1) is 19.6 Å². The highest BCUT2D eigenvalue weighted by atomic mass is 16.5. The SMILES string of the molecule is COC(=O)CCN(CC1CCCO1)C(=O)c1ccc(C)o1. The number of amides is 1. The van der Waals surface area contributed by atoms with E-state index in [0.29, 0.717) is 18.8 Å². The van der Waals surface area contributed by atoms with E-state index < -0.39 is 0 Å². The molecule has 6 heteroatoms. The minimum atomic E-state index is -0.337. The lowest BCUT2D eigenvalue weighted by atomic mass is 10.2. The van der Waals surface area contributed by atoms with Crippen LogP contribution in [0, 0.1) is 6.92 Å². The van der Waals surface area contributed by atoms with Crippen molar-refractivity contribution in [2.24, 2.45) is 0 Å². The van der Waals surface area contributed by atoms with E-state index in [0.717, 1.165) is 19.4 Å². The number of methoxy groups -OCH3 is 1. The lowest BCUT2D eigenvalue weighted by molar-refractivity contribution is -0.140. The second-order valence-electron chi connectivity index (χ2n) is 5.12. The first-order valence-electron chi connectivity index (χ1n) is 7.14. The molecule has 1 aliphatic rings. The number of aryl methyl sites for hydroxylation is 1. The molecule has 0 radical (unpaired) electrons. The fraction of sp³-hybridized carbons (Fsp3) is 0.600. The molecule has 2 heterocycles. The molecular formula is C15H21NO5. The summed E-state index contributed by atoms with van der Waals surface area (Å²) in [6, 6.07) is 3.40. The maximum atomic E-state index is 12.5. The molecule has 1 unspecified atom stereocenters. The molecular weight excluding hydrogens is 274 g/mol. The molecule has 6 nitrogen and oxygen atoms in total. The highest BCUT2D eigenvalue weighted by molar-refractivity contribution is 5.91. The maximum Gasteiger partial charge on any atom is 0.307 e. The summed E-state index contributed by atoms with van der Waals surface area (Å²) in [5.41, 5.74) is 0. The third kappa shape index (κ3) is 4.32. The number of carbonyl (C=O) groups is 2. The lowest BCUT2D eigenvalue weighted by Crippen LogP contribution is -2.38. The molecule has 1 aromatic rings. The summed E-state index contributed by atoms with van der Waals surface area (Å²) >= 11 is 0. The summed E-state index contributed by atoms with van der Waals surface area (Å²) in [5, 5.41) is 0. The van der Waals surface area contributed by atoms with E-state index in [2.05, 4.69) is 4.74 Å². The first kappa shape index (κ1) is 15.6. The van der Waals surface area contributed by atoms with Crippen LogP contribution in [0.5, 0.6) is 0 Å². The van der Waals surface area contributed by atoms with Crippen molar-refractivity contribution >= 4 is 11.9 Å². The van der Waals surface area contributed by atoms with Crippen LogP contribution in [0.2, 0.25) is 0 Å². The minimum absolute atomic E-state index is 0.0302. The number of nitrogens with zero attached hydrogens (tertiary/aromatic N) is 1. The zero-order valence-electron chi connectivity index (χ0n) is 12.5. The lowest BCUT2D eigenvalue weighted by Gasteiger charge is -2.24. The Morgan fingerprint density at radius 3 is 2.81 bits per heavy atom. The van der Waals surface area contributed by atoms with Crippen LogP contribution in [0.25, 0.3) is 0 Å². The molecule has 1 aliphatic heterocycles. The van der Waals surface area contributed by atoms with Crippen molar-refractivity contribution in [2.45, 2.75) is 32.3 Å². The summed E-state index contributed by atoms with van der Waals surface area (Å²) in [5.74, 6) is 0.414. The van der Waals surface area contributed by atoms with Gasteiger partial charge in [-0.1, -0.05) is 0 Å². The first-order valence-corrected chi connectivity index (χ1v) is 7.14. The standard InChI is InChI=1S/C15H21NO5/c1-11-5-6-13(21-11)15(18)16(8-7-14(17)19-2)10-12-4-3-9-20-12/h5-6,12H,3-4,7-10H2,1-2H3. The molecule has 0 saturated carbocycles. The van der Waals surface area contributed by atoms with Gasteiger partial charge < -0.3 is 18.8 Å². The minimum Gasteiger partial charge on any atom is -0.469 e. The molecule has 2 rings (SSSR count). The van der Waals surface area contributed by atoms with Crippen LogP contribution >= 0.6 is 0 Å². The van der Waals surface area contributed by atoms with Crippen LogP contribution in [0.4, 0.5) is 0 Å². The zero-order chi connectivity index (χ0) is 15.2. The molecule has 0 N–H and O–H groups in total. The number of furan rings is 1. The Hall–Kier alpha value is -1.82. The molecule has 0 bridgehead atoms. The molecule has 116 valence electrons. The molecule has 0 spiro atoms. The summed E-state index contributed by atoms with van der Waals surface area (Å²) in [4.78, 5) is 25.4. The van der Waals surface area contributed by atoms with Gasteiger partial charge in [-0.3, -0.25) is 9.59 Å². The highest BCUT2D eigenvalue weighted by Crippen LogP contribution is 2.16. The van der Waals surface area contributed by atoms with E-state index in [1.54, 1.807) is 24.0 Å². The molecule has 1 saturated heterocycles. The smallest absolute Gasteiger partial charge is 0.307 e. The molecule has 0 aliphatic carbocycles. The fourth-order valence-corrected chi connectivity index (χ4v) is 2.34. The summed E-state index contributed by atoms with van der Waals surface area (Å²) in [6.07, 6.45) is 2.12. The highest BCUT2D eigenvalue weighted by Gasteiger charge is 2.25. The number of carbonyl (C=O) groups excluding carboxylic acids is 2. The Morgan fingerprint density at radius 2 is 2.24 bits per heavy atom. The van der Waals surface area contributed by atoms with Gasteiger partial charge in [0.15, 0.2) is 5.76 Å². The van der Waals surface area contributed by atoms with Crippen molar-refractivity contribution in [3.05, 3.63) is 23.7 Å². The third-order valence-corrected chi connectivity index (χ3v) is 3.50. The topological polar surface area (TPSA) is 69.0 Å². The van der Waals surface area contributed by atoms with E-state index in [9.17, 15) is 9.59 Å². The van der Waals surface area contributed by atoms with E-state index in [1.165, 1.54) is 7.11 Å². The van der Waals surface area contributed by atoms with Gasteiger partial charge in [0.2, 0.25) is 0 Å². The quantitative estimate of drug-likeness (QED) is 0.748. The van der Waals surface area contributed by atoms with Crippen molar-refractivity contribution in [1.29, 1.82) is 0 Å². The molecule has 21 heavy (non-hydrogen) atoms. The Bertz CT molecular complexity index is 490. The van der Waals surface area contributed by atoms with Gasteiger partial charge >= 0.3 is 5.97 Å². The summed E-state index contributed by atoms with van der Waals surface area (Å²) in [6.45, 7) is 3.28. The maximum absolute atomic E-state index is 12.5. The van der Waals surface area contributed by atoms with Crippen molar-refractivity contribution in [3.63, 3.8) is 0 Å². The van der Waals surface area contributed by atoms with Crippen molar-refractivity contribution < 1.29 is 23.5 Å². The molecule has 1 atom stereocenters. The Kier molecular flexibility index (Phi) is 5.38. The van der Waals surface area contributed by atoms with E-state index in [4.69, 9.17) is 9.15 Å². The Morgan fingerprint density at radius 1 is 1.43 bits per heavy atom. The van der Waals surface area contributed by atoms with Crippen molar-refractivity contribution in [1.82, 2.24) is 4.90 Å². The normalized spacial score (nSPS) is 17.7. The van der Waals surface area contributed by atoms with Crippen molar-refractivity contribution in [2.75, 3.05) is 26.8 Å². The fourth-order valence-electron chi connectivity index (χ4n) is 2.34. The predicted octanol–water partition coefficient (Wildman–Crippen LogP) is 1.77. The number of ether oxygens (including phenoxy) is 2. The van der Waals surface area contributed by atoms with Crippen LogP contribution in [0.15, 0.2) is 16.5 Å². The van der Waals surface area contributed by atoms with Gasteiger partial charge in [0.25, 0.3) is 5.91 Å². The number of esters is 1.